The number of piperidine rings is 1. The molecule has 0 saturated carbocycles. The highest BCUT2D eigenvalue weighted by Crippen LogP contribution is 2.12. The van der Waals surface area contributed by atoms with E-state index in [9.17, 15) is 4.79 Å². The molecule has 1 aromatic rings. The zero-order valence-electron chi connectivity index (χ0n) is 9.65. The molecule has 0 spiro atoms. The van der Waals surface area contributed by atoms with E-state index in [1.165, 1.54) is 0 Å². The minimum Gasteiger partial charge on any atom is -0.337 e. The Kier molecular flexibility index (Phi) is 3.57. The fraction of sp³-hybridized carbons (Fsp3) is 0.462. The van der Waals surface area contributed by atoms with Crippen molar-refractivity contribution in [2.45, 2.75) is 18.9 Å². The van der Waals surface area contributed by atoms with Crippen molar-refractivity contribution in [3.8, 4) is 0 Å². The van der Waals surface area contributed by atoms with E-state index in [0.717, 1.165) is 31.5 Å². The average Bonchev–Trinajstić information content (AvgIpc) is 2.39. The Balaban J connectivity index is 2.04. The van der Waals surface area contributed by atoms with Crippen molar-refractivity contribution in [1.82, 2.24) is 10.2 Å². The molecule has 3 nitrogen and oxygen atoms in total. The third kappa shape index (κ3) is 2.42. The molecule has 1 heterocycles. The van der Waals surface area contributed by atoms with Crippen LogP contribution in [0.5, 0.6) is 0 Å². The fourth-order valence-electron chi connectivity index (χ4n) is 2.11. The second-order valence-electron chi connectivity index (χ2n) is 4.28. The van der Waals surface area contributed by atoms with Crippen LogP contribution in [0.2, 0.25) is 0 Å². The Bertz CT molecular complexity index is 344. The van der Waals surface area contributed by atoms with Gasteiger partial charge in [-0.25, -0.2) is 0 Å². The Hall–Kier alpha value is -1.35. The van der Waals surface area contributed by atoms with Crippen LogP contribution < -0.4 is 5.32 Å². The number of benzene rings is 1. The molecule has 86 valence electrons. The summed E-state index contributed by atoms with van der Waals surface area (Å²) in [6.07, 6.45) is 2.25. The molecule has 0 unspecified atom stereocenters. The van der Waals surface area contributed by atoms with Crippen molar-refractivity contribution in [3.05, 3.63) is 35.9 Å². The number of rotatable bonds is 2. The molecule has 1 aromatic carbocycles. The number of hydrogen-bond acceptors (Lipinski definition) is 2. The molecule has 1 atom stereocenters. The Morgan fingerprint density at radius 2 is 2.12 bits per heavy atom. The summed E-state index contributed by atoms with van der Waals surface area (Å²) < 4.78 is 0. The monoisotopic (exact) mass is 218 g/mol. The molecule has 3 heteroatoms. The minimum absolute atomic E-state index is 0.120. The maximum Gasteiger partial charge on any atom is 0.253 e. The number of nitrogens with one attached hydrogen (secondary N) is 1. The molecule has 1 amide bonds. The first-order valence-electron chi connectivity index (χ1n) is 5.82. The van der Waals surface area contributed by atoms with Crippen LogP contribution in [-0.4, -0.2) is 37.0 Å². The van der Waals surface area contributed by atoms with Crippen molar-refractivity contribution in [2.24, 2.45) is 0 Å². The number of likely N-dealkylation sites (N-methyl/N-ethyl adjacent to an activating group) is 1. The SMILES string of the molecule is CN(C(=O)c1ccccc1)[C@H]1CCCNC1. The van der Waals surface area contributed by atoms with Gasteiger partial charge >= 0.3 is 0 Å². The van der Waals surface area contributed by atoms with Gasteiger partial charge in [0.15, 0.2) is 0 Å². The molecular weight excluding hydrogens is 200 g/mol. The molecule has 16 heavy (non-hydrogen) atoms. The van der Waals surface area contributed by atoms with Gasteiger partial charge in [0, 0.05) is 25.2 Å². The molecule has 1 N–H and O–H groups in total. The van der Waals surface area contributed by atoms with Gasteiger partial charge in [-0.2, -0.15) is 0 Å². The van der Waals surface area contributed by atoms with E-state index in [-0.39, 0.29) is 5.91 Å². The van der Waals surface area contributed by atoms with Gasteiger partial charge in [0.25, 0.3) is 5.91 Å². The van der Waals surface area contributed by atoms with Crippen LogP contribution in [0.15, 0.2) is 30.3 Å². The van der Waals surface area contributed by atoms with Gasteiger partial charge in [0.1, 0.15) is 0 Å². The van der Waals surface area contributed by atoms with Crippen LogP contribution in [0.3, 0.4) is 0 Å². The summed E-state index contributed by atoms with van der Waals surface area (Å²) in [5.74, 6) is 0.120. The van der Waals surface area contributed by atoms with E-state index in [0.29, 0.717) is 6.04 Å². The highest BCUT2D eigenvalue weighted by molar-refractivity contribution is 5.94. The van der Waals surface area contributed by atoms with Crippen molar-refractivity contribution in [1.29, 1.82) is 0 Å². The topological polar surface area (TPSA) is 32.3 Å². The summed E-state index contributed by atoms with van der Waals surface area (Å²) in [6.45, 7) is 1.99. The van der Waals surface area contributed by atoms with Gasteiger partial charge in [-0.3, -0.25) is 4.79 Å². The average molecular weight is 218 g/mol. The molecular formula is C13H18N2O. The molecule has 1 saturated heterocycles. The molecule has 1 aliphatic heterocycles. The highest BCUT2D eigenvalue weighted by Gasteiger charge is 2.22. The lowest BCUT2D eigenvalue weighted by atomic mass is 10.1. The maximum atomic E-state index is 12.1. The van der Waals surface area contributed by atoms with Crippen molar-refractivity contribution in [3.63, 3.8) is 0 Å². The largest absolute Gasteiger partial charge is 0.337 e. The second-order valence-corrected chi connectivity index (χ2v) is 4.28. The van der Waals surface area contributed by atoms with Gasteiger partial charge in [-0.15, -0.1) is 0 Å². The first-order chi connectivity index (χ1) is 7.79. The van der Waals surface area contributed by atoms with Crippen LogP contribution in [0, 0.1) is 0 Å². The van der Waals surface area contributed by atoms with Crippen molar-refractivity contribution in [2.75, 3.05) is 20.1 Å². The van der Waals surface area contributed by atoms with Gasteiger partial charge in [-0.05, 0) is 31.5 Å². The van der Waals surface area contributed by atoms with E-state index in [1.54, 1.807) is 0 Å². The third-order valence-electron chi connectivity index (χ3n) is 3.16. The number of nitrogens with zero attached hydrogens (tertiary/aromatic N) is 1. The van der Waals surface area contributed by atoms with Crippen LogP contribution in [0.25, 0.3) is 0 Å². The summed E-state index contributed by atoms with van der Waals surface area (Å²) in [4.78, 5) is 14.0. The normalized spacial score (nSPS) is 20.4. The quantitative estimate of drug-likeness (QED) is 0.816. The third-order valence-corrected chi connectivity index (χ3v) is 3.16. The predicted molar refractivity (Wildman–Crippen MR) is 64.4 cm³/mol. The number of hydrogen-bond donors (Lipinski definition) is 1. The Labute approximate surface area is 96.5 Å². The first-order valence-corrected chi connectivity index (χ1v) is 5.82. The molecule has 1 aliphatic rings. The molecule has 0 radical (unpaired) electrons. The van der Waals surface area contributed by atoms with Crippen LogP contribution in [0.1, 0.15) is 23.2 Å². The summed E-state index contributed by atoms with van der Waals surface area (Å²) >= 11 is 0. The maximum absolute atomic E-state index is 12.1. The van der Waals surface area contributed by atoms with Crippen molar-refractivity contribution < 1.29 is 4.79 Å². The number of carbonyl (C=O) groups is 1. The van der Waals surface area contributed by atoms with E-state index in [1.807, 2.05) is 42.3 Å². The Morgan fingerprint density at radius 1 is 1.38 bits per heavy atom. The zero-order valence-corrected chi connectivity index (χ0v) is 9.65. The molecule has 0 bridgehead atoms. The summed E-state index contributed by atoms with van der Waals surface area (Å²) in [7, 11) is 1.90. The fourth-order valence-corrected chi connectivity index (χ4v) is 2.11. The second kappa shape index (κ2) is 5.12. The standard InChI is InChI=1S/C13H18N2O/c1-15(12-8-5-9-14-10-12)13(16)11-6-3-2-4-7-11/h2-4,6-7,12,14H,5,8-10H2,1H3/t12-/m0/s1. The summed E-state index contributed by atoms with van der Waals surface area (Å²) in [5.41, 5.74) is 0.774. The minimum atomic E-state index is 0.120. The lowest BCUT2D eigenvalue weighted by molar-refractivity contribution is 0.0708. The predicted octanol–water partition coefficient (Wildman–Crippen LogP) is 1.51. The van der Waals surface area contributed by atoms with Crippen LogP contribution in [0.4, 0.5) is 0 Å². The first kappa shape index (κ1) is 11.1. The summed E-state index contributed by atoms with van der Waals surface area (Å²) in [5, 5.41) is 3.33. The number of carbonyl (C=O) groups excluding carboxylic acids is 1. The summed E-state index contributed by atoms with van der Waals surface area (Å²) in [6, 6.07) is 9.81. The molecule has 2 rings (SSSR count). The van der Waals surface area contributed by atoms with E-state index < -0.39 is 0 Å². The van der Waals surface area contributed by atoms with E-state index in [4.69, 9.17) is 0 Å². The van der Waals surface area contributed by atoms with Gasteiger partial charge in [-0.1, -0.05) is 18.2 Å². The highest BCUT2D eigenvalue weighted by atomic mass is 16.2. The van der Waals surface area contributed by atoms with Gasteiger partial charge in [0.05, 0.1) is 0 Å². The lowest BCUT2D eigenvalue weighted by Crippen LogP contribution is -2.46. The van der Waals surface area contributed by atoms with Gasteiger partial charge < -0.3 is 10.2 Å². The zero-order chi connectivity index (χ0) is 11.4. The van der Waals surface area contributed by atoms with Gasteiger partial charge in [0.2, 0.25) is 0 Å². The van der Waals surface area contributed by atoms with E-state index in [2.05, 4.69) is 5.32 Å². The smallest absolute Gasteiger partial charge is 0.253 e. The lowest BCUT2D eigenvalue weighted by Gasteiger charge is -2.31. The molecule has 0 aromatic heterocycles. The van der Waals surface area contributed by atoms with Crippen molar-refractivity contribution >= 4 is 5.91 Å². The van der Waals surface area contributed by atoms with Crippen LogP contribution in [-0.2, 0) is 0 Å². The van der Waals surface area contributed by atoms with E-state index >= 15 is 0 Å². The molecule has 0 aliphatic carbocycles. The molecule has 1 fully saturated rings. The Morgan fingerprint density at radius 3 is 2.75 bits per heavy atom. The van der Waals surface area contributed by atoms with Crippen LogP contribution >= 0.6 is 0 Å². The number of amides is 1.